The van der Waals surface area contributed by atoms with Crippen LogP contribution in [0.1, 0.15) is 30.4 Å². The summed E-state index contributed by atoms with van der Waals surface area (Å²) in [7, 11) is -3.85. The van der Waals surface area contributed by atoms with E-state index in [2.05, 4.69) is 13.2 Å². The molecule has 0 radical (unpaired) electrons. The Morgan fingerprint density at radius 3 is 1.75 bits per heavy atom. The summed E-state index contributed by atoms with van der Waals surface area (Å²) in [5.74, 6) is 0.180. The molecule has 0 aliphatic heterocycles. The maximum Gasteiger partial charge on any atom is 0.313 e. The second-order valence-electron chi connectivity index (χ2n) is 11.3. The van der Waals surface area contributed by atoms with Gasteiger partial charge in [0.2, 0.25) is 9.84 Å². The Hall–Kier alpha value is -4.78. The first-order valence-electron chi connectivity index (χ1n) is 16.5. The van der Waals surface area contributed by atoms with Crippen molar-refractivity contribution in [1.82, 2.24) is 0 Å². The van der Waals surface area contributed by atoms with Gasteiger partial charge in [-0.25, -0.2) is 8.42 Å². The fraction of sp³-hybridized carbons (Fsp3) is 0.275. The minimum Gasteiger partial charge on any atom is -0.476 e. The van der Waals surface area contributed by atoms with Crippen molar-refractivity contribution in [3.05, 3.63) is 146 Å². The maximum atomic E-state index is 13.3. The normalized spacial score (nSPS) is 12.4. The van der Waals surface area contributed by atoms with Crippen molar-refractivity contribution in [2.75, 3.05) is 26.8 Å². The van der Waals surface area contributed by atoms with Gasteiger partial charge in [-0.1, -0.05) is 73.3 Å². The van der Waals surface area contributed by atoms with Crippen molar-refractivity contribution in [3.63, 3.8) is 0 Å². The first kappa shape index (κ1) is 39.0. The first-order valence-corrected chi connectivity index (χ1v) is 17.9. The highest BCUT2D eigenvalue weighted by Gasteiger charge is 2.20. The highest BCUT2D eigenvalue weighted by Crippen LogP contribution is 2.25. The van der Waals surface area contributed by atoms with Crippen molar-refractivity contribution in [2.24, 2.45) is 0 Å². The van der Waals surface area contributed by atoms with Crippen LogP contribution in [0.3, 0.4) is 0 Å². The Bertz CT molecular complexity index is 1710. The topological polar surface area (TPSA) is 116 Å². The molecule has 0 spiro atoms. The largest absolute Gasteiger partial charge is 0.476 e. The molecule has 0 amide bonds. The second kappa shape index (κ2) is 21.4. The predicted octanol–water partition coefficient (Wildman–Crippen LogP) is 7.44. The molecule has 11 heteroatoms. The lowest BCUT2D eigenvalue weighted by molar-refractivity contribution is -0.138. The Morgan fingerprint density at radius 2 is 1.20 bits per heavy atom. The van der Waals surface area contributed by atoms with E-state index in [1.165, 1.54) is 42.7 Å². The zero-order valence-corrected chi connectivity index (χ0v) is 29.3. The van der Waals surface area contributed by atoms with E-state index in [-0.39, 0.29) is 61.0 Å². The Balaban J connectivity index is 1.24. The molecule has 270 valence electrons. The van der Waals surface area contributed by atoms with Crippen molar-refractivity contribution in [2.45, 2.75) is 54.5 Å². The van der Waals surface area contributed by atoms with E-state index in [9.17, 15) is 13.2 Å². The highest BCUT2D eigenvalue weighted by molar-refractivity contribution is 7.91. The SMILES string of the molecule is C=CCCC(CC(=O)Oc1ccc(S(=O)(=O)c2ccc(OCOCC(COCOC=C)OCc3ccccc3)cc2)cc1)OCc1ccccc1. The van der Waals surface area contributed by atoms with Gasteiger partial charge in [-0.3, -0.25) is 4.79 Å². The molecular weight excluding hydrogens is 672 g/mol. The summed E-state index contributed by atoms with van der Waals surface area (Å²) < 4.78 is 65.8. The minimum atomic E-state index is -3.85. The second-order valence-corrected chi connectivity index (χ2v) is 13.2. The van der Waals surface area contributed by atoms with E-state index in [1.807, 2.05) is 60.7 Å². The number of rotatable bonds is 24. The Kier molecular flexibility index (Phi) is 16.4. The van der Waals surface area contributed by atoms with Gasteiger partial charge < -0.3 is 33.2 Å². The zero-order chi connectivity index (χ0) is 36.2. The number of carbonyl (C=O) groups excluding carboxylic acids is 1. The molecule has 10 nitrogen and oxygen atoms in total. The molecule has 0 heterocycles. The van der Waals surface area contributed by atoms with Crippen LogP contribution in [0.25, 0.3) is 0 Å². The van der Waals surface area contributed by atoms with Crippen molar-refractivity contribution in [1.29, 1.82) is 0 Å². The number of ether oxygens (including phenoxy) is 7. The number of benzene rings is 4. The van der Waals surface area contributed by atoms with E-state index < -0.39 is 15.8 Å². The van der Waals surface area contributed by atoms with Crippen LogP contribution in [0.2, 0.25) is 0 Å². The highest BCUT2D eigenvalue weighted by atomic mass is 32.2. The monoisotopic (exact) mass is 716 g/mol. The average molecular weight is 717 g/mol. The van der Waals surface area contributed by atoms with Crippen molar-refractivity contribution in [3.8, 4) is 11.5 Å². The standard InChI is InChI=1S/C40H44O10S/c1-3-5-16-36(47-26-32-12-8-6-9-13-32)25-40(41)50-35-19-23-39(24-20-35)51(42,43)38-21-17-34(18-22-38)49-31-46-29-37(28-45-30-44-4-2)48-27-33-14-10-7-11-15-33/h3-4,6-15,17-24,36-37H,1-2,5,16,25-31H2. The van der Waals surface area contributed by atoms with Crippen LogP contribution in [0, 0.1) is 0 Å². The van der Waals surface area contributed by atoms with Gasteiger partial charge in [0.15, 0.2) is 13.6 Å². The van der Waals surface area contributed by atoms with Gasteiger partial charge in [0.25, 0.3) is 0 Å². The van der Waals surface area contributed by atoms with E-state index in [4.69, 9.17) is 33.2 Å². The molecule has 0 fully saturated rings. The molecule has 4 rings (SSSR count). The van der Waals surface area contributed by atoms with Crippen molar-refractivity contribution >= 4 is 15.8 Å². The predicted molar refractivity (Wildman–Crippen MR) is 192 cm³/mol. The summed E-state index contributed by atoms with van der Waals surface area (Å²) in [6.45, 7) is 8.37. The zero-order valence-electron chi connectivity index (χ0n) is 28.5. The quantitative estimate of drug-likeness (QED) is 0.0181. The molecule has 2 atom stereocenters. The van der Waals surface area contributed by atoms with Gasteiger partial charge in [-0.05, 0) is 72.5 Å². The van der Waals surface area contributed by atoms with E-state index in [0.29, 0.717) is 31.8 Å². The number of esters is 1. The molecule has 0 aliphatic rings. The molecule has 0 saturated heterocycles. The molecule has 0 N–H and O–H groups in total. The summed E-state index contributed by atoms with van der Waals surface area (Å²) in [4.78, 5) is 12.9. The number of carbonyl (C=O) groups is 1. The van der Waals surface area contributed by atoms with Gasteiger partial charge >= 0.3 is 5.97 Å². The molecule has 4 aromatic rings. The van der Waals surface area contributed by atoms with Crippen LogP contribution in [0.4, 0.5) is 0 Å². The fourth-order valence-electron chi connectivity index (χ4n) is 4.73. The summed E-state index contributed by atoms with van der Waals surface area (Å²) in [6, 6.07) is 31.2. The average Bonchev–Trinajstić information content (AvgIpc) is 3.16. The molecule has 0 bridgehead atoms. The van der Waals surface area contributed by atoms with Gasteiger partial charge in [0.05, 0.1) is 55.0 Å². The molecule has 0 aromatic heterocycles. The lowest BCUT2D eigenvalue weighted by Crippen LogP contribution is -2.27. The summed E-state index contributed by atoms with van der Waals surface area (Å²) in [5, 5.41) is 0. The summed E-state index contributed by atoms with van der Waals surface area (Å²) >= 11 is 0. The van der Waals surface area contributed by atoms with Crippen LogP contribution in [0.15, 0.2) is 144 Å². The molecular formula is C40H44O10S. The third kappa shape index (κ3) is 13.8. The van der Waals surface area contributed by atoms with Crippen molar-refractivity contribution < 1.29 is 46.4 Å². The van der Waals surface area contributed by atoms with Gasteiger partial charge in [-0.2, -0.15) is 0 Å². The van der Waals surface area contributed by atoms with E-state index in [1.54, 1.807) is 18.2 Å². The van der Waals surface area contributed by atoms with Crippen LogP contribution < -0.4 is 9.47 Å². The first-order chi connectivity index (χ1) is 24.9. The van der Waals surface area contributed by atoms with Crippen LogP contribution >= 0.6 is 0 Å². The number of hydrogen-bond donors (Lipinski definition) is 0. The number of allylic oxidation sites excluding steroid dienone is 1. The molecule has 51 heavy (non-hydrogen) atoms. The van der Waals surface area contributed by atoms with Crippen LogP contribution in [-0.2, 0) is 51.5 Å². The van der Waals surface area contributed by atoms with Gasteiger partial charge in [-0.15, -0.1) is 6.58 Å². The van der Waals surface area contributed by atoms with E-state index >= 15 is 0 Å². The smallest absolute Gasteiger partial charge is 0.313 e. The number of hydrogen-bond acceptors (Lipinski definition) is 10. The van der Waals surface area contributed by atoms with E-state index in [0.717, 1.165) is 11.1 Å². The summed E-state index contributed by atoms with van der Waals surface area (Å²) in [5.41, 5.74) is 2.02. The molecule has 4 aromatic carbocycles. The Morgan fingerprint density at radius 1 is 0.667 bits per heavy atom. The number of sulfone groups is 1. The minimum absolute atomic E-state index is 0.0425. The third-order valence-corrected chi connectivity index (χ3v) is 9.22. The lowest BCUT2D eigenvalue weighted by atomic mass is 10.1. The molecule has 0 saturated carbocycles. The maximum absolute atomic E-state index is 13.3. The van der Waals surface area contributed by atoms with Crippen LogP contribution in [0.5, 0.6) is 11.5 Å². The lowest BCUT2D eigenvalue weighted by Gasteiger charge is -2.18. The van der Waals surface area contributed by atoms with Gasteiger partial charge in [0, 0.05) is 0 Å². The Labute approximate surface area is 300 Å². The summed E-state index contributed by atoms with van der Waals surface area (Å²) in [6.07, 6.45) is 3.68. The van der Waals surface area contributed by atoms with Crippen LogP contribution in [-0.4, -0.2) is 53.4 Å². The third-order valence-electron chi connectivity index (χ3n) is 7.43. The van der Waals surface area contributed by atoms with Gasteiger partial charge in [0.1, 0.15) is 17.6 Å². The molecule has 2 unspecified atom stereocenters. The fourth-order valence-corrected chi connectivity index (χ4v) is 5.99. The molecule has 0 aliphatic carbocycles.